The van der Waals surface area contributed by atoms with Crippen molar-refractivity contribution in [3.8, 4) is 22.3 Å². The van der Waals surface area contributed by atoms with Gasteiger partial charge in [0.1, 0.15) is 0 Å². The molecule has 6 aromatic rings. The average molecular weight is 446 g/mol. The van der Waals surface area contributed by atoms with Crippen molar-refractivity contribution in [2.45, 2.75) is 9.79 Å². The van der Waals surface area contributed by atoms with Gasteiger partial charge in [0.05, 0.1) is 15.3 Å². The van der Waals surface area contributed by atoms with Crippen LogP contribution >= 0.6 is 0 Å². The Balaban J connectivity index is 1.53. The lowest BCUT2D eigenvalue weighted by Gasteiger charge is -2.09. The molecule has 7 rings (SSSR count). The highest BCUT2D eigenvalue weighted by Gasteiger charge is 2.32. The van der Waals surface area contributed by atoms with Crippen LogP contribution in [-0.2, 0) is 16.9 Å². The summed E-state index contributed by atoms with van der Waals surface area (Å²) in [5.74, 6) is 0. The van der Waals surface area contributed by atoms with Gasteiger partial charge in [-0.1, -0.05) is 72.8 Å². The second kappa shape index (κ2) is 6.33. The highest BCUT2D eigenvalue weighted by molar-refractivity contribution is 7.92. The zero-order chi connectivity index (χ0) is 22.3. The number of hydrogen-bond donors (Lipinski definition) is 0. The molecule has 0 unspecified atom stereocenters. The van der Waals surface area contributed by atoms with Gasteiger partial charge in [-0.15, -0.1) is 0 Å². The molecule has 4 heteroatoms. The predicted molar refractivity (Wildman–Crippen MR) is 134 cm³/mol. The Labute approximate surface area is 191 Å². The molecule has 0 saturated carbocycles. The lowest BCUT2D eigenvalue weighted by molar-refractivity contribution is 0.598. The number of sulfone groups is 1. The SMILES string of the molecule is Cn1c2cc3ccccc3cc2c2cccc(-c3ccc4c(c3)S(=O)(=O)c3ccccc3-4)c21. The van der Waals surface area contributed by atoms with E-state index in [1.165, 1.54) is 21.5 Å². The van der Waals surface area contributed by atoms with Crippen molar-refractivity contribution in [2.75, 3.05) is 0 Å². The quantitative estimate of drug-likeness (QED) is 0.274. The van der Waals surface area contributed by atoms with Gasteiger partial charge in [0.15, 0.2) is 0 Å². The Kier molecular flexibility index (Phi) is 3.58. The third-order valence-corrected chi connectivity index (χ3v) is 8.79. The van der Waals surface area contributed by atoms with Crippen molar-refractivity contribution in [1.82, 2.24) is 4.57 Å². The maximum atomic E-state index is 13.3. The highest BCUT2D eigenvalue weighted by Crippen LogP contribution is 2.45. The van der Waals surface area contributed by atoms with E-state index >= 15 is 0 Å². The normalized spacial score (nSPS) is 14.1. The van der Waals surface area contributed by atoms with Gasteiger partial charge in [0.25, 0.3) is 0 Å². The number of aromatic nitrogens is 1. The number of hydrogen-bond acceptors (Lipinski definition) is 2. The molecule has 0 saturated heterocycles. The molecule has 3 nitrogen and oxygen atoms in total. The van der Waals surface area contributed by atoms with Crippen LogP contribution in [0.25, 0.3) is 54.8 Å². The lowest BCUT2D eigenvalue weighted by atomic mass is 9.98. The van der Waals surface area contributed by atoms with Gasteiger partial charge in [-0.3, -0.25) is 0 Å². The van der Waals surface area contributed by atoms with Crippen molar-refractivity contribution >= 4 is 42.4 Å². The first-order valence-corrected chi connectivity index (χ1v) is 12.4. The van der Waals surface area contributed by atoms with Crippen molar-refractivity contribution in [1.29, 1.82) is 0 Å². The van der Waals surface area contributed by atoms with Gasteiger partial charge in [-0.05, 0) is 40.6 Å². The van der Waals surface area contributed by atoms with Crippen LogP contribution in [-0.4, -0.2) is 13.0 Å². The number of rotatable bonds is 1. The molecule has 5 aromatic carbocycles. The molecule has 0 spiro atoms. The fraction of sp³-hybridized carbons (Fsp3) is 0.0345. The molecule has 2 heterocycles. The van der Waals surface area contributed by atoms with Crippen LogP contribution in [0.1, 0.15) is 0 Å². The van der Waals surface area contributed by atoms with Crippen LogP contribution in [0.3, 0.4) is 0 Å². The third-order valence-electron chi connectivity index (χ3n) is 6.94. The molecule has 1 aromatic heterocycles. The Morgan fingerprint density at radius 1 is 0.606 bits per heavy atom. The summed E-state index contributed by atoms with van der Waals surface area (Å²) in [6.07, 6.45) is 0. The van der Waals surface area contributed by atoms with E-state index < -0.39 is 9.84 Å². The molecule has 158 valence electrons. The lowest BCUT2D eigenvalue weighted by Crippen LogP contribution is -1.97. The van der Waals surface area contributed by atoms with Gasteiger partial charge in [-0.25, -0.2) is 8.42 Å². The van der Waals surface area contributed by atoms with E-state index in [-0.39, 0.29) is 0 Å². The van der Waals surface area contributed by atoms with Crippen molar-refractivity contribution in [3.63, 3.8) is 0 Å². The Morgan fingerprint density at radius 2 is 1.30 bits per heavy atom. The summed E-state index contributed by atoms with van der Waals surface area (Å²) >= 11 is 0. The molecule has 0 amide bonds. The second-order valence-electron chi connectivity index (χ2n) is 8.69. The van der Waals surface area contributed by atoms with Crippen molar-refractivity contribution in [3.05, 3.63) is 97.1 Å². The van der Waals surface area contributed by atoms with E-state index in [4.69, 9.17) is 0 Å². The first-order chi connectivity index (χ1) is 16.0. The summed E-state index contributed by atoms with van der Waals surface area (Å²) in [5, 5.41) is 4.79. The highest BCUT2D eigenvalue weighted by atomic mass is 32.2. The minimum absolute atomic E-state index is 0.391. The first kappa shape index (κ1) is 18.7. The Morgan fingerprint density at radius 3 is 2.15 bits per heavy atom. The average Bonchev–Trinajstić information content (AvgIpc) is 3.26. The standard InChI is InChI=1S/C29H19NO2S/c1-30-26-16-19-8-3-2-7-18(19)15-25(26)24-11-6-10-21(29(24)30)20-13-14-23-22-9-4-5-12-27(22)33(31,32)28(23)17-20/h2-17H,1H3. The van der Waals surface area contributed by atoms with Gasteiger partial charge in [0.2, 0.25) is 9.84 Å². The zero-order valence-corrected chi connectivity index (χ0v) is 18.7. The van der Waals surface area contributed by atoms with E-state index in [1.54, 1.807) is 12.1 Å². The van der Waals surface area contributed by atoms with Crippen LogP contribution in [0.15, 0.2) is 107 Å². The monoisotopic (exact) mass is 445 g/mol. The van der Waals surface area contributed by atoms with Crippen molar-refractivity contribution < 1.29 is 8.42 Å². The number of fused-ring (bicyclic) bond motifs is 7. The number of nitrogens with zero attached hydrogens (tertiary/aromatic N) is 1. The van der Waals surface area contributed by atoms with E-state index in [1.807, 2.05) is 30.3 Å². The molecule has 1 aliphatic rings. The molecule has 0 aliphatic carbocycles. The molecule has 0 bridgehead atoms. The van der Waals surface area contributed by atoms with Crippen LogP contribution in [0.2, 0.25) is 0 Å². The maximum absolute atomic E-state index is 13.3. The smallest absolute Gasteiger partial charge is 0.207 e. The number of benzene rings is 5. The minimum atomic E-state index is -3.52. The number of aryl methyl sites for hydroxylation is 1. The summed E-state index contributed by atoms with van der Waals surface area (Å²) < 4.78 is 28.7. The summed E-state index contributed by atoms with van der Waals surface area (Å²) in [4.78, 5) is 0.786. The van der Waals surface area contributed by atoms with Crippen LogP contribution in [0.5, 0.6) is 0 Å². The summed E-state index contributed by atoms with van der Waals surface area (Å²) in [6, 6.07) is 32.2. The first-order valence-electron chi connectivity index (χ1n) is 10.9. The van der Waals surface area contributed by atoms with E-state index in [9.17, 15) is 8.42 Å². The Hall–Kier alpha value is -3.89. The Bertz CT molecular complexity index is 1890. The van der Waals surface area contributed by atoms with Gasteiger partial charge in [-0.2, -0.15) is 0 Å². The second-order valence-corrected chi connectivity index (χ2v) is 10.6. The summed E-state index contributed by atoms with van der Waals surface area (Å²) in [6.45, 7) is 0. The minimum Gasteiger partial charge on any atom is -0.343 e. The van der Waals surface area contributed by atoms with Crippen molar-refractivity contribution in [2.24, 2.45) is 7.05 Å². The van der Waals surface area contributed by atoms with Crippen LogP contribution in [0, 0.1) is 0 Å². The topological polar surface area (TPSA) is 39.1 Å². The molecule has 0 N–H and O–H groups in total. The van der Waals surface area contributed by atoms with Gasteiger partial charge >= 0.3 is 0 Å². The molecule has 33 heavy (non-hydrogen) atoms. The van der Waals surface area contributed by atoms with Crippen LogP contribution < -0.4 is 0 Å². The fourth-order valence-corrected chi connectivity index (χ4v) is 7.09. The molecule has 0 radical (unpaired) electrons. The maximum Gasteiger partial charge on any atom is 0.207 e. The van der Waals surface area contributed by atoms with E-state index in [2.05, 4.69) is 66.2 Å². The summed E-state index contributed by atoms with van der Waals surface area (Å²) in [5.41, 5.74) is 5.78. The third kappa shape index (κ3) is 2.41. The van der Waals surface area contributed by atoms with Gasteiger partial charge in [0, 0.05) is 40.0 Å². The molecule has 0 atom stereocenters. The largest absolute Gasteiger partial charge is 0.343 e. The zero-order valence-electron chi connectivity index (χ0n) is 17.9. The molecular formula is C29H19NO2S. The van der Waals surface area contributed by atoms with E-state index in [0.29, 0.717) is 9.79 Å². The molecular weight excluding hydrogens is 426 g/mol. The summed E-state index contributed by atoms with van der Waals surface area (Å²) in [7, 11) is -1.43. The number of para-hydroxylation sites is 1. The molecule has 0 fully saturated rings. The van der Waals surface area contributed by atoms with Crippen LogP contribution in [0.4, 0.5) is 0 Å². The molecule has 1 aliphatic heterocycles. The predicted octanol–water partition coefficient (Wildman–Crippen LogP) is 6.96. The van der Waals surface area contributed by atoms with Gasteiger partial charge < -0.3 is 4.57 Å². The van der Waals surface area contributed by atoms with E-state index in [0.717, 1.165) is 33.3 Å². The fourth-order valence-electron chi connectivity index (χ4n) is 5.37.